The van der Waals surface area contributed by atoms with E-state index in [4.69, 9.17) is 14.2 Å². The lowest BCUT2D eigenvalue weighted by molar-refractivity contribution is -0.157. The number of ether oxygens (including phenoxy) is 3. The van der Waals surface area contributed by atoms with Gasteiger partial charge in [-0.3, -0.25) is 9.59 Å². The quantitative estimate of drug-likeness (QED) is 0.487. The van der Waals surface area contributed by atoms with Gasteiger partial charge in [-0.1, -0.05) is 30.3 Å². The average Bonchev–Trinajstić information content (AvgIpc) is 2.76. The van der Waals surface area contributed by atoms with Crippen molar-refractivity contribution in [2.75, 3.05) is 32.8 Å². The van der Waals surface area contributed by atoms with Crippen LogP contribution in [0, 0.1) is 0 Å². The third kappa shape index (κ3) is 8.99. The van der Waals surface area contributed by atoms with Crippen LogP contribution in [0.2, 0.25) is 0 Å². The van der Waals surface area contributed by atoms with E-state index in [0.29, 0.717) is 13.1 Å². The molecule has 1 atom stereocenters. The van der Waals surface area contributed by atoms with E-state index >= 15 is 0 Å². The van der Waals surface area contributed by atoms with Gasteiger partial charge in [0.1, 0.15) is 18.2 Å². The number of nitrogens with zero attached hydrogens (tertiary/aromatic N) is 2. The zero-order valence-electron chi connectivity index (χ0n) is 19.7. The largest absolute Gasteiger partial charge is 0.460 e. The summed E-state index contributed by atoms with van der Waals surface area (Å²) < 4.78 is 15.5. The third-order valence-electron chi connectivity index (χ3n) is 4.71. The molecule has 1 unspecified atom stereocenters. The number of amides is 3. The first kappa shape index (κ1) is 26.0. The summed E-state index contributed by atoms with van der Waals surface area (Å²) in [5.41, 5.74) is 0.0572. The molecule has 33 heavy (non-hydrogen) atoms. The highest BCUT2D eigenvalue weighted by Gasteiger charge is 2.33. The van der Waals surface area contributed by atoms with E-state index in [2.05, 4.69) is 5.32 Å². The summed E-state index contributed by atoms with van der Waals surface area (Å²) in [7, 11) is 0. The van der Waals surface area contributed by atoms with Crippen LogP contribution in [0.3, 0.4) is 0 Å². The van der Waals surface area contributed by atoms with Crippen molar-refractivity contribution in [3.63, 3.8) is 0 Å². The van der Waals surface area contributed by atoms with Gasteiger partial charge in [-0.25, -0.2) is 9.59 Å². The molecule has 0 aliphatic carbocycles. The molecule has 1 aromatic carbocycles. The molecule has 0 spiro atoms. The lowest BCUT2D eigenvalue weighted by Crippen LogP contribution is -2.56. The molecule has 1 aromatic rings. The summed E-state index contributed by atoms with van der Waals surface area (Å²) in [5, 5.41) is 2.50. The summed E-state index contributed by atoms with van der Waals surface area (Å²) in [6.07, 6.45) is -1.59. The number of piperazine rings is 1. The molecule has 1 saturated heterocycles. The molecule has 182 valence electrons. The molecule has 0 saturated carbocycles. The van der Waals surface area contributed by atoms with Crippen molar-refractivity contribution in [1.29, 1.82) is 0 Å². The molecule has 10 nitrogen and oxygen atoms in total. The van der Waals surface area contributed by atoms with Crippen LogP contribution in [-0.4, -0.2) is 78.3 Å². The normalized spacial score (nSPS) is 14.8. The van der Waals surface area contributed by atoms with E-state index in [1.54, 1.807) is 39.8 Å². The molecule has 1 heterocycles. The second-order valence-corrected chi connectivity index (χ2v) is 8.56. The fraction of sp³-hybridized carbons (Fsp3) is 0.565. The van der Waals surface area contributed by atoms with Crippen molar-refractivity contribution in [3.8, 4) is 0 Å². The van der Waals surface area contributed by atoms with Gasteiger partial charge in [0.25, 0.3) is 0 Å². The predicted molar refractivity (Wildman–Crippen MR) is 119 cm³/mol. The fourth-order valence-electron chi connectivity index (χ4n) is 3.20. The van der Waals surface area contributed by atoms with E-state index in [-0.39, 0.29) is 32.7 Å². The van der Waals surface area contributed by atoms with Gasteiger partial charge in [-0.05, 0) is 33.3 Å². The van der Waals surface area contributed by atoms with Gasteiger partial charge >= 0.3 is 18.2 Å². The van der Waals surface area contributed by atoms with Gasteiger partial charge in [0.05, 0.1) is 13.0 Å². The maximum absolute atomic E-state index is 13.1. The Labute approximate surface area is 194 Å². The Hall–Kier alpha value is -3.30. The molecule has 1 N–H and O–H groups in total. The van der Waals surface area contributed by atoms with Gasteiger partial charge < -0.3 is 29.3 Å². The molecular weight excluding hydrogens is 430 g/mol. The molecule has 10 heteroatoms. The fourth-order valence-corrected chi connectivity index (χ4v) is 3.20. The van der Waals surface area contributed by atoms with Crippen LogP contribution in [-0.2, 0) is 30.4 Å². The first-order valence-electron chi connectivity index (χ1n) is 11.0. The molecule has 0 aromatic heterocycles. The zero-order chi connectivity index (χ0) is 24.4. The van der Waals surface area contributed by atoms with E-state index in [1.165, 1.54) is 9.80 Å². The Balaban J connectivity index is 2.00. The van der Waals surface area contributed by atoms with Crippen LogP contribution in [0.5, 0.6) is 0 Å². The lowest BCUT2D eigenvalue weighted by atomic mass is 10.1. The zero-order valence-corrected chi connectivity index (χ0v) is 19.7. The maximum atomic E-state index is 13.1. The monoisotopic (exact) mass is 463 g/mol. The van der Waals surface area contributed by atoms with E-state index in [1.807, 2.05) is 18.2 Å². The Kier molecular flexibility index (Phi) is 9.50. The SMILES string of the molecule is CCOC(=O)N1CCN(C(=O)C(CC(=O)OC(C)(C)C)NC(=O)OCc2ccccc2)CC1. The van der Waals surface area contributed by atoms with Crippen LogP contribution >= 0.6 is 0 Å². The molecule has 3 amide bonds. The summed E-state index contributed by atoms with van der Waals surface area (Å²) in [6, 6.07) is 7.94. The number of rotatable bonds is 7. The number of hydrogen-bond donors (Lipinski definition) is 1. The lowest BCUT2D eigenvalue weighted by Gasteiger charge is -2.35. The van der Waals surface area contributed by atoms with Gasteiger partial charge in [-0.15, -0.1) is 0 Å². The Bertz CT molecular complexity index is 815. The van der Waals surface area contributed by atoms with Crippen LogP contribution in [0.25, 0.3) is 0 Å². The minimum absolute atomic E-state index is 0.0260. The molecule has 2 rings (SSSR count). The number of carbonyl (C=O) groups excluding carboxylic acids is 4. The Morgan fingerprint density at radius 3 is 2.15 bits per heavy atom. The van der Waals surface area contributed by atoms with Gasteiger partial charge in [-0.2, -0.15) is 0 Å². The van der Waals surface area contributed by atoms with Crippen molar-refractivity contribution in [3.05, 3.63) is 35.9 Å². The minimum Gasteiger partial charge on any atom is -0.460 e. The molecular formula is C23H33N3O7. The first-order valence-corrected chi connectivity index (χ1v) is 11.0. The Morgan fingerprint density at radius 2 is 1.58 bits per heavy atom. The van der Waals surface area contributed by atoms with Crippen molar-refractivity contribution < 1.29 is 33.4 Å². The van der Waals surface area contributed by atoms with Crippen molar-refractivity contribution in [2.45, 2.75) is 52.4 Å². The third-order valence-corrected chi connectivity index (χ3v) is 4.71. The highest BCUT2D eigenvalue weighted by molar-refractivity contribution is 5.90. The molecule has 1 aliphatic rings. The van der Waals surface area contributed by atoms with Crippen molar-refractivity contribution in [2.24, 2.45) is 0 Å². The highest BCUT2D eigenvalue weighted by Crippen LogP contribution is 2.13. The number of hydrogen-bond acceptors (Lipinski definition) is 7. The summed E-state index contributed by atoms with van der Waals surface area (Å²) in [6.45, 7) is 8.27. The average molecular weight is 464 g/mol. The number of benzene rings is 1. The number of carbonyl (C=O) groups is 4. The highest BCUT2D eigenvalue weighted by atomic mass is 16.6. The van der Waals surface area contributed by atoms with Gasteiger partial charge in [0.15, 0.2) is 0 Å². The second-order valence-electron chi connectivity index (χ2n) is 8.56. The van der Waals surface area contributed by atoms with Crippen LogP contribution in [0.15, 0.2) is 30.3 Å². The standard InChI is InChI=1S/C23H33N3O7/c1-5-31-22(30)26-13-11-25(12-14-26)20(28)18(15-19(27)33-23(2,3)4)24-21(29)32-16-17-9-7-6-8-10-17/h6-10,18H,5,11-16H2,1-4H3,(H,24,29). The molecule has 1 fully saturated rings. The Morgan fingerprint density at radius 1 is 0.970 bits per heavy atom. The summed E-state index contributed by atoms with van der Waals surface area (Å²) in [4.78, 5) is 52.8. The summed E-state index contributed by atoms with van der Waals surface area (Å²) in [5.74, 6) is -1.06. The smallest absolute Gasteiger partial charge is 0.409 e. The van der Waals surface area contributed by atoms with Gasteiger partial charge in [0.2, 0.25) is 5.91 Å². The topological polar surface area (TPSA) is 114 Å². The molecule has 1 aliphatic heterocycles. The van der Waals surface area contributed by atoms with E-state index in [9.17, 15) is 19.2 Å². The second kappa shape index (κ2) is 12.1. The maximum Gasteiger partial charge on any atom is 0.409 e. The van der Waals surface area contributed by atoms with Crippen molar-refractivity contribution >= 4 is 24.1 Å². The summed E-state index contributed by atoms with van der Waals surface area (Å²) >= 11 is 0. The van der Waals surface area contributed by atoms with Crippen molar-refractivity contribution in [1.82, 2.24) is 15.1 Å². The van der Waals surface area contributed by atoms with E-state index in [0.717, 1.165) is 5.56 Å². The number of nitrogens with one attached hydrogen (secondary N) is 1. The number of alkyl carbamates (subject to hydrolysis) is 1. The van der Waals surface area contributed by atoms with Crippen LogP contribution in [0.4, 0.5) is 9.59 Å². The first-order chi connectivity index (χ1) is 15.6. The predicted octanol–water partition coefficient (Wildman–Crippen LogP) is 2.31. The van der Waals surface area contributed by atoms with E-state index < -0.39 is 35.7 Å². The number of esters is 1. The minimum atomic E-state index is -1.16. The molecule has 0 bridgehead atoms. The van der Waals surface area contributed by atoms with Gasteiger partial charge in [0, 0.05) is 26.2 Å². The van der Waals surface area contributed by atoms with Crippen LogP contribution in [0.1, 0.15) is 39.7 Å². The molecule has 0 radical (unpaired) electrons. The van der Waals surface area contributed by atoms with Crippen LogP contribution < -0.4 is 5.32 Å².